The summed E-state index contributed by atoms with van der Waals surface area (Å²) in [6.45, 7) is -0.0875. The largest absolute Gasteiger partial charge is 0.467 e. The number of benzene rings is 2. The smallest absolute Gasteiger partial charge is 0.416 e. The lowest BCUT2D eigenvalue weighted by atomic mass is 10.0. The zero-order valence-electron chi connectivity index (χ0n) is 15.2. The Morgan fingerprint density at radius 2 is 1.71 bits per heavy atom. The van der Waals surface area contributed by atoms with Gasteiger partial charge in [0, 0.05) is 6.42 Å². The molecular weight excluding hydrogens is 375 g/mol. The van der Waals surface area contributed by atoms with E-state index in [9.17, 15) is 22.8 Å². The molecule has 0 bridgehead atoms. The predicted octanol–water partition coefficient (Wildman–Crippen LogP) is 3.12. The van der Waals surface area contributed by atoms with Crippen molar-refractivity contribution in [1.82, 2.24) is 5.32 Å². The minimum atomic E-state index is -4.49. The molecule has 0 radical (unpaired) electrons. The van der Waals surface area contributed by atoms with Crippen LogP contribution < -0.4 is 5.32 Å². The minimum Gasteiger partial charge on any atom is -0.467 e. The summed E-state index contributed by atoms with van der Waals surface area (Å²) in [6.07, 6.45) is -4.63. The van der Waals surface area contributed by atoms with Crippen LogP contribution in [0.2, 0.25) is 0 Å². The van der Waals surface area contributed by atoms with E-state index >= 15 is 0 Å². The van der Waals surface area contributed by atoms with E-state index in [0.717, 1.165) is 24.8 Å². The van der Waals surface area contributed by atoms with Gasteiger partial charge in [0.2, 0.25) is 5.91 Å². The lowest BCUT2D eigenvalue weighted by molar-refractivity contribution is -0.145. The molecule has 1 atom stereocenters. The molecule has 0 aliphatic heterocycles. The van der Waals surface area contributed by atoms with Crippen LogP contribution in [0.25, 0.3) is 0 Å². The molecule has 0 fully saturated rings. The van der Waals surface area contributed by atoms with Crippen LogP contribution >= 0.6 is 0 Å². The maximum Gasteiger partial charge on any atom is 0.416 e. The number of hydrogen-bond donors (Lipinski definition) is 1. The van der Waals surface area contributed by atoms with Crippen molar-refractivity contribution in [3.8, 4) is 0 Å². The van der Waals surface area contributed by atoms with E-state index in [1.165, 1.54) is 12.1 Å². The standard InChI is InChI=1S/C20H20F3NO4/c1-27-19(26)17(11-15-8-5-9-16(10-15)20(21,22)23)24-18(25)13-28-12-14-6-3-2-4-7-14/h2-10,17H,11-13H2,1H3,(H,24,25)/t17-/m1/s1. The van der Waals surface area contributed by atoms with Crippen LogP contribution in [0.15, 0.2) is 54.6 Å². The van der Waals surface area contributed by atoms with Gasteiger partial charge in [-0.15, -0.1) is 0 Å². The fourth-order valence-corrected chi connectivity index (χ4v) is 2.52. The highest BCUT2D eigenvalue weighted by molar-refractivity contribution is 5.85. The van der Waals surface area contributed by atoms with E-state index in [2.05, 4.69) is 10.1 Å². The van der Waals surface area contributed by atoms with Crippen molar-refractivity contribution in [2.45, 2.75) is 25.2 Å². The first-order valence-electron chi connectivity index (χ1n) is 8.44. The summed E-state index contributed by atoms with van der Waals surface area (Å²) in [5.74, 6) is -1.33. The molecule has 1 N–H and O–H groups in total. The van der Waals surface area contributed by atoms with Gasteiger partial charge in [-0.25, -0.2) is 4.79 Å². The van der Waals surface area contributed by atoms with Crippen molar-refractivity contribution in [1.29, 1.82) is 0 Å². The molecule has 0 saturated heterocycles. The number of rotatable bonds is 8. The molecule has 2 rings (SSSR count). The SMILES string of the molecule is COC(=O)[C@@H](Cc1cccc(C(F)(F)F)c1)NC(=O)COCc1ccccc1. The number of carbonyl (C=O) groups excluding carboxylic acids is 2. The monoisotopic (exact) mass is 395 g/mol. The van der Waals surface area contributed by atoms with Crippen LogP contribution in [0.4, 0.5) is 13.2 Å². The fourth-order valence-electron chi connectivity index (χ4n) is 2.52. The van der Waals surface area contributed by atoms with E-state index in [1.807, 2.05) is 30.3 Å². The molecule has 0 aliphatic rings. The third-order valence-electron chi connectivity index (χ3n) is 3.86. The third-order valence-corrected chi connectivity index (χ3v) is 3.86. The van der Waals surface area contributed by atoms with Crippen LogP contribution in [0.5, 0.6) is 0 Å². The number of alkyl halides is 3. The van der Waals surface area contributed by atoms with Crippen LogP contribution in [-0.4, -0.2) is 31.6 Å². The molecule has 0 aliphatic carbocycles. The van der Waals surface area contributed by atoms with E-state index in [-0.39, 0.29) is 25.2 Å². The summed E-state index contributed by atoms with van der Waals surface area (Å²) in [6, 6.07) is 12.6. The number of ether oxygens (including phenoxy) is 2. The molecule has 0 spiro atoms. The molecule has 2 aromatic carbocycles. The maximum atomic E-state index is 12.8. The van der Waals surface area contributed by atoms with E-state index in [4.69, 9.17) is 4.74 Å². The molecule has 0 saturated carbocycles. The molecule has 0 heterocycles. The Morgan fingerprint density at radius 3 is 2.36 bits per heavy atom. The predicted molar refractivity (Wildman–Crippen MR) is 95.2 cm³/mol. The summed E-state index contributed by atoms with van der Waals surface area (Å²) in [5.41, 5.74) is 0.297. The zero-order valence-corrected chi connectivity index (χ0v) is 15.2. The van der Waals surface area contributed by atoms with Gasteiger partial charge in [0.1, 0.15) is 12.6 Å². The Kier molecular flexibility index (Phi) is 7.57. The highest BCUT2D eigenvalue weighted by atomic mass is 19.4. The van der Waals surface area contributed by atoms with E-state index in [1.54, 1.807) is 0 Å². The van der Waals surface area contributed by atoms with Gasteiger partial charge in [-0.2, -0.15) is 13.2 Å². The number of amides is 1. The summed E-state index contributed by atoms with van der Waals surface area (Å²) in [4.78, 5) is 24.0. The number of carbonyl (C=O) groups is 2. The lowest BCUT2D eigenvalue weighted by Crippen LogP contribution is -2.44. The van der Waals surface area contributed by atoms with Crippen molar-refractivity contribution in [2.75, 3.05) is 13.7 Å². The number of esters is 1. The van der Waals surface area contributed by atoms with Crippen LogP contribution in [0, 0.1) is 0 Å². The normalized spacial score (nSPS) is 12.3. The molecule has 150 valence electrons. The van der Waals surface area contributed by atoms with Crippen molar-refractivity contribution >= 4 is 11.9 Å². The van der Waals surface area contributed by atoms with E-state index < -0.39 is 29.7 Å². The average molecular weight is 395 g/mol. The van der Waals surface area contributed by atoms with Crippen molar-refractivity contribution in [3.05, 3.63) is 71.3 Å². The van der Waals surface area contributed by atoms with Crippen molar-refractivity contribution < 1.29 is 32.2 Å². The van der Waals surface area contributed by atoms with Crippen LogP contribution in [-0.2, 0) is 38.3 Å². The summed E-state index contributed by atoms with van der Waals surface area (Å²) in [7, 11) is 1.14. The Morgan fingerprint density at radius 1 is 1.04 bits per heavy atom. The number of halogens is 3. The average Bonchev–Trinajstić information content (AvgIpc) is 2.67. The first-order chi connectivity index (χ1) is 13.3. The molecule has 0 aromatic heterocycles. The van der Waals surface area contributed by atoms with Gasteiger partial charge >= 0.3 is 12.1 Å². The summed E-state index contributed by atoms with van der Waals surface area (Å²) >= 11 is 0. The van der Waals surface area contributed by atoms with Crippen LogP contribution in [0.3, 0.4) is 0 Å². The third kappa shape index (κ3) is 6.70. The second-order valence-corrected chi connectivity index (χ2v) is 6.02. The second kappa shape index (κ2) is 9.89. The van der Waals surface area contributed by atoms with Crippen LogP contribution in [0.1, 0.15) is 16.7 Å². The zero-order chi connectivity index (χ0) is 20.6. The lowest BCUT2D eigenvalue weighted by Gasteiger charge is -2.17. The molecule has 28 heavy (non-hydrogen) atoms. The topological polar surface area (TPSA) is 64.6 Å². The highest BCUT2D eigenvalue weighted by Gasteiger charge is 2.31. The Labute approximate surface area is 160 Å². The van der Waals surface area contributed by atoms with Gasteiger partial charge in [-0.3, -0.25) is 4.79 Å². The fraction of sp³-hybridized carbons (Fsp3) is 0.300. The van der Waals surface area contributed by atoms with Gasteiger partial charge in [0.05, 0.1) is 19.3 Å². The minimum absolute atomic E-state index is 0.138. The van der Waals surface area contributed by atoms with Gasteiger partial charge in [-0.05, 0) is 17.2 Å². The van der Waals surface area contributed by atoms with Gasteiger partial charge in [0.25, 0.3) is 0 Å². The van der Waals surface area contributed by atoms with Gasteiger partial charge < -0.3 is 14.8 Å². The molecular formula is C20H20F3NO4. The highest BCUT2D eigenvalue weighted by Crippen LogP contribution is 2.29. The second-order valence-electron chi connectivity index (χ2n) is 6.02. The number of hydrogen-bond acceptors (Lipinski definition) is 4. The Balaban J connectivity index is 1.96. The van der Waals surface area contributed by atoms with Crippen molar-refractivity contribution in [2.24, 2.45) is 0 Å². The molecule has 0 unspecified atom stereocenters. The van der Waals surface area contributed by atoms with Gasteiger partial charge in [-0.1, -0.05) is 48.5 Å². The van der Waals surface area contributed by atoms with Crippen molar-refractivity contribution in [3.63, 3.8) is 0 Å². The number of methoxy groups -OCH3 is 1. The summed E-state index contributed by atoms with van der Waals surface area (Å²) in [5, 5.41) is 2.44. The molecule has 8 heteroatoms. The Bertz CT molecular complexity index is 794. The Hall–Kier alpha value is -2.87. The van der Waals surface area contributed by atoms with Gasteiger partial charge in [0.15, 0.2) is 0 Å². The molecule has 1 amide bonds. The quantitative estimate of drug-likeness (QED) is 0.698. The summed E-state index contributed by atoms with van der Waals surface area (Å²) < 4.78 is 48.5. The molecule has 2 aromatic rings. The molecule has 5 nitrogen and oxygen atoms in total. The van der Waals surface area contributed by atoms with E-state index in [0.29, 0.717) is 0 Å². The first-order valence-corrected chi connectivity index (χ1v) is 8.44. The maximum absolute atomic E-state index is 12.8. The number of nitrogens with one attached hydrogen (secondary N) is 1. The first kappa shape index (κ1) is 21.4.